The summed E-state index contributed by atoms with van der Waals surface area (Å²) in [5.41, 5.74) is 2.47. The van der Waals surface area contributed by atoms with Gasteiger partial charge in [0.25, 0.3) is 10.0 Å². The lowest BCUT2D eigenvalue weighted by Gasteiger charge is -2.14. The fourth-order valence-electron chi connectivity index (χ4n) is 3.32. The van der Waals surface area contributed by atoms with Crippen LogP contribution < -0.4 is 18.9 Å². The van der Waals surface area contributed by atoms with Crippen LogP contribution in [-0.4, -0.2) is 28.7 Å². The van der Waals surface area contributed by atoms with E-state index in [-0.39, 0.29) is 4.90 Å². The molecule has 0 unspecified atom stereocenters. The summed E-state index contributed by atoms with van der Waals surface area (Å²) in [5, 5.41) is 0. The van der Waals surface area contributed by atoms with Crippen LogP contribution in [0.25, 0.3) is 0 Å². The van der Waals surface area contributed by atoms with Crippen molar-refractivity contribution in [1.82, 2.24) is 0 Å². The summed E-state index contributed by atoms with van der Waals surface area (Å²) in [6, 6.07) is 19.8. The Balaban J connectivity index is 1.60. The molecular formula is C23H23NO5S. The molecule has 156 valence electrons. The number of ether oxygens (including phenoxy) is 3. The number of anilines is 1. The molecule has 0 saturated carbocycles. The van der Waals surface area contributed by atoms with Crippen molar-refractivity contribution in [1.29, 1.82) is 0 Å². The van der Waals surface area contributed by atoms with E-state index < -0.39 is 10.0 Å². The van der Waals surface area contributed by atoms with Crippen molar-refractivity contribution in [3.63, 3.8) is 0 Å². The van der Waals surface area contributed by atoms with Gasteiger partial charge in [0.15, 0.2) is 11.5 Å². The molecule has 1 aliphatic heterocycles. The molecule has 4 rings (SSSR count). The van der Waals surface area contributed by atoms with Crippen LogP contribution in [0.15, 0.2) is 71.6 Å². The van der Waals surface area contributed by atoms with Crippen LogP contribution in [0.1, 0.15) is 17.5 Å². The number of nitrogens with one attached hydrogen (secondary N) is 1. The minimum absolute atomic E-state index is 0.118. The highest BCUT2D eigenvalue weighted by Gasteiger charge is 2.19. The molecule has 1 N–H and O–H groups in total. The van der Waals surface area contributed by atoms with Crippen molar-refractivity contribution < 1.29 is 22.6 Å². The molecule has 0 saturated heterocycles. The molecular weight excluding hydrogens is 402 g/mol. The molecule has 7 heteroatoms. The van der Waals surface area contributed by atoms with Crippen molar-refractivity contribution in [2.45, 2.75) is 17.7 Å². The summed E-state index contributed by atoms with van der Waals surface area (Å²) in [6.07, 6.45) is 1.38. The maximum Gasteiger partial charge on any atom is 0.262 e. The normalized spacial score (nSPS) is 13.4. The molecule has 6 nitrogen and oxygen atoms in total. The fourth-order valence-corrected chi connectivity index (χ4v) is 4.39. The Morgan fingerprint density at radius 1 is 0.933 bits per heavy atom. The molecule has 0 bridgehead atoms. The lowest BCUT2D eigenvalue weighted by molar-refractivity contribution is 0.297. The first kappa shape index (κ1) is 20.1. The molecule has 3 aromatic rings. The molecule has 0 aromatic heterocycles. The Morgan fingerprint density at radius 2 is 1.70 bits per heavy atom. The molecule has 3 aromatic carbocycles. The van der Waals surface area contributed by atoms with Gasteiger partial charge in [-0.15, -0.1) is 0 Å². The van der Waals surface area contributed by atoms with Crippen LogP contribution in [0.5, 0.6) is 17.2 Å². The maximum atomic E-state index is 13.0. The van der Waals surface area contributed by atoms with E-state index in [1.165, 1.54) is 12.1 Å². The third kappa shape index (κ3) is 4.52. The third-order valence-electron chi connectivity index (χ3n) is 4.80. The number of hydrogen-bond acceptors (Lipinski definition) is 5. The zero-order valence-electron chi connectivity index (χ0n) is 16.6. The van der Waals surface area contributed by atoms with Crippen LogP contribution in [0, 0.1) is 0 Å². The Kier molecular flexibility index (Phi) is 5.81. The number of hydrogen-bond donors (Lipinski definition) is 1. The molecule has 0 amide bonds. The molecule has 0 spiro atoms. The highest BCUT2D eigenvalue weighted by Crippen LogP contribution is 2.33. The first-order valence-electron chi connectivity index (χ1n) is 9.68. The van der Waals surface area contributed by atoms with Gasteiger partial charge < -0.3 is 14.2 Å². The van der Waals surface area contributed by atoms with Crippen LogP contribution in [0.3, 0.4) is 0 Å². The second kappa shape index (κ2) is 8.67. The molecule has 0 atom stereocenters. The molecule has 0 fully saturated rings. The van der Waals surface area contributed by atoms with Crippen molar-refractivity contribution >= 4 is 15.7 Å². The fraction of sp³-hybridized carbons (Fsp3) is 0.217. The predicted molar refractivity (Wildman–Crippen MR) is 115 cm³/mol. The third-order valence-corrected chi connectivity index (χ3v) is 6.18. The molecule has 30 heavy (non-hydrogen) atoms. The lowest BCUT2D eigenvalue weighted by Crippen LogP contribution is -2.13. The predicted octanol–water partition coefficient (Wildman–Crippen LogP) is 4.25. The van der Waals surface area contributed by atoms with E-state index in [9.17, 15) is 8.42 Å². The Labute approximate surface area is 176 Å². The van der Waals surface area contributed by atoms with Gasteiger partial charge in [-0.1, -0.05) is 30.3 Å². The topological polar surface area (TPSA) is 73.9 Å². The number of benzene rings is 3. The van der Waals surface area contributed by atoms with Gasteiger partial charge in [-0.3, -0.25) is 4.72 Å². The summed E-state index contributed by atoms with van der Waals surface area (Å²) < 4.78 is 45.2. The average Bonchev–Trinajstić information content (AvgIpc) is 2.99. The monoisotopic (exact) mass is 425 g/mol. The molecule has 0 radical (unpaired) electrons. The highest BCUT2D eigenvalue weighted by molar-refractivity contribution is 7.92. The summed E-state index contributed by atoms with van der Waals surface area (Å²) in [7, 11) is -2.19. The van der Waals surface area contributed by atoms with E-state index in [0.717, 1.165) is 17.5 Å². The Bertz CT molecular complexity index is 1130. The van der Waals surface area contributed by atoms with Gasteiger partial charge in [-0.05, 0) is 35.9 Å². The van der Waals surface area contributed by atoms with Crippen LogP contribution in [0.4, 0.5) is 5.69 Å². The smallest absolute Gasteiger partial charge is 0.262 e. The van der Waals surface area contributed by atoms with E-state index in [1.54, 1.807) is 31.4 Å². The summed E-state index contributed by atoms with van der Waals surface area (Å²) in [6.45, 7) is 1.04. The number of rotatable bonds is 6. The minimum atomic E-state index is -3.79. The van der Waals surface area contributed by atoms with Crippen molar-refractivity contribution in [3.05, 3.63) is 77.9 Å². The maximum absolute atomic E-state index is 13.0. The highest BCUT2D eigenvalue weighted by atomic mass is 32.2. The van der Waals surface area contributed by atoms with Gasteiger partial charge in [-0.25, -0.2) is 8.42 Å². The first-order chi connectivity index (χ1) is 14.5. The van der Waals surface area contributed by atoms with Crippen molar-refractivity contribution in [2.24, 2.45) is 0 Å². The van der Waals surface area contributed by atoms with E-state index in [4.69, 9.17) is 14.2 Å². The van der Waals surface area contributed by atoms with Crippen molar-refractivity contribution in [3.8, 4) is 17.2 Å². The second-order valence-corrected chi connectivity index (χ2v) is 8.64. The number of sulfonamides is 1. The summed E-state index contributed by atoms with van der Waals surface area (Å²) in [5.74, 6) is 1.70. The largest absolute Gasteiger partial charge is 0.496 e. The van der Waals surface area contributed by atoms with E-state index in [1.807, 2.05) is 30.3 Å². The van der Waals surface area contributed by atoms with Crippen LogP contribution in [-0.2, 0) is 16.4 Å². The SMILES string of the molecule is COc1ccc(NS(=O)(=O)c2ccc3c(c2)OCCCO3)cc1Cc1ccccc1. The molecule has 1 heterocycles. The Hall–Kier alpha value is -3.19. The van der Waals surface area contributed by atoms with Gasteiger partial charge in [0.1, 0.15) is 5.75 Å². The van der Waals surface area contributed by atoms with E-state index in [2.05, 4.69) is 4.72 Å². The zero-order chi connectivity index (χ0) is 21.0. The zero-order valence-corrected chi connectivity index (χ0v) is 17.4. The molecule has 1 aliphatic rings. The Morgan fingerprint density at radius 3 is 2.47 bits per heavy atom. The number of fused-ring (bicyclic) bond motifs is 1. The number of methoxy groups -OCH3 is 1. The summed E-state index contributed by atoms with van der Waals surface area (Å²) >= 11 is 0. The minimum Gasteiger partial charge on any atom is -0.496 e. The van der Waals surface area contributed by atoms with Crippen molar-refractivity contribution in [2.75, 3.05) is 25.0 Å². The summed E-state index contributed by atoms with van der Waals surface area (Å²) in [4.78, 5) is 0.118. The van der Waals surface area contributed by atoms with Gasteiger partial charge in [0, 0.05) is 30.2 Å². The van der Waals surface area contributed by atoms with E-state index in [0.29, 0.717) is 42.6 Å². The van der Waals surface area contributed by atoms with Gasteiger partial charge in [-0.2, -0.15) is 0 Å². The average molecular weight is 426 g/mol. The standard InChI is InChI=1S/C23H23NO5S/c1-27-21-10-8-19(15-18(21)14-17-6-3-2-4-7-17)24-30(25,26)20-9-11-22-23(16-20)29-13-5-12-28-22/h2-4,6-11,15-16,24H,5,12-14H2,1H3. The van der Waals surface area contributed by atoms with Crippen LogP contribution in [0.2, 0.25) is 0 Å². The first-order valence-corrected chi connectivity index (χ1v) is 11.2. The van der Waals surface area contributed by atoms with Gasteiger partial charge in [0.05, 0.1) is 25.2 Å². The van der Waals surface area contributed by atoms with E-state index >= 15 is 0 Å². The van der Waals surface area contributed by atoms with Crippen LogP contribution >= 0.6 is 0 Å². The quantitative estimate of drug-likeness (QED) is 0.639. The lowest BCUT2D eigenvalue weighted by atomic mass is 10.0. The second-order valence-electron chi connectivity index (χ2n) is 6.95. The molecule has 0 aliphatic carbocycles. The van der Waals surface area contributed by atoms with Gasteiger partial charge >= 0.3 is 0 Å². The van der Waals surface area contributed by atoms with Gasteiger partial charge in [0.2, 0.25) is 0 Å².